The normalized spacial score (nSPS) is 11.1. The molecule has 47 heavy (non-hydrogen) atoms. The molecule has 0 spiro atoms. The molecule has 1 N–H and O–H groups in total. The lowest BCUT2D eigenvalue weighted by Gasteiger charge is -2.28. The van der Waals surface area contributed by atoms with Crippen LogP contribution in [0.3, 0.4) is 0 Å². The van der Waals surface area contributed by atoms with Gasteiger partial charge in [0.15, 0.2) is 0 Å². The van der Waals surface area contributed by atoms with Crippen LogP contribution in [-0.4, -0.2) is 5.11 Å². The Morgan fingerprint density at radius 1 is 0.553 bits per heavy atom. The molecule has 6 rings (SSSR count). The Morgan fingerprint density at radius 3 is 1.64 bits per heavy atom. The third-order valence-corrected chi connectivity index (χ3v) is 13.0. The number of hydrogen-bond acceptors (Lipinski definition) is 2. The van der Waals surface area contributed by atoms with Gasteiger partial charge in [-0.2, -0.15) is 0 Å². The summed E-state index contributed by atoms with van der Waals surface area (Å²) in [6, 6.07) is 53.9. The van der Waals surface area contributed by atoms with Crippen molar-refractivity contribution in [1.29, 1.82) is 0 Å². The van der Waals surface area contributed by atoms with Crippen LogP contribution in [0.4, 0.5) is 0 Å². The minimum absolute atomic E-state index is 0.275. The van der Waals surface area contributed by atoms with Crippen LogP contribution in [0.1, 0.15) is 22.3 Å². The van der Waals surface area contributed by atoms with Crippen molar-refractivity contribution in [2.45, 2.75) is 25.6 Å². The molecule has 0 bridgehead atoms. The Hall–Kier alpha value is -5.17. The van der Waals surface area contributed by atoms with Crippen LogP contribution < -0.4 is 20.7 Å². The Morgan fingerprint density at radius 2 is 1.09 bits per heavy atom. The Balaban J connectivity index is 1.29. The van der Waals surface area contributed by atoms with Gasteiger partial charge in [0.1, 0.15) is 41.3 Å². The minimum atomic E-state index is -1.98. The number of phenols is 1. The quantitative estimate of drug-likeness (QED) is 0.102. The second-order valence-corrected chi connectivity index (χ2v) is 15.2. The van der Waals surface area contributed by atoms with Gasteiger partial charge in [-0.25, -0.2) is 0 Å². The van der Waals surface area contributed by atoms with Crippen molar-refractivity contribution in [3.8, 4) is 22.6 Å². The second kappa shape index (κ2) is 14.9. The maximum Gasteiger partial charge on any atom is 0.127 e. The maximum atomic E-state index is 10.4. The predicted molar refractivity (Wildman–Crippen MR) is 201 cm³/mol. The molecular weight excluding hydrogens is 591 g/mol. The lowest BCUT2D eigenvalue weighted by atomic mass is 9.97. The Bertz CT molecular complexity index is 1830. The van der Waals surface area contributed by atoms with Crippen molar-refractivity contribution < 1.29 is 9.84 Å². The highest BCUT2D eigenvalue weighted by Crippen LogP contribution is 2.58. The van der Waals surface area contributed by atoms with Crippen molar-refractivity contribution in [1.82, 2.24) is 0 Å². The van der Waals surface area contributed by atoms with E-state index in [1.165, 1.54) is 21.5 Å². The van der Waals surface area contributed by atoms with Gasteiger partial charge >= 0.3 is 0 Å². The predicted octanol–water partition coefficient (Wildman–Crippen LogP) is 9.59. The fraction of sp³-hybridized carbons (Fsp3) is 0.0909. The van der Waals surface area contributed by atoms with Crippen molar-refractivity contribution in [3.05, 3.63) is 199 Å². The van der Waals surface area contributed by atoms with Crippen molar-refractivity contribution in [2.75, 3.05) is 0 Å². The zero-order valence-electron chi connectivity index (χ0n) is 26.6. The summed E-state index contributed by atoms with van der Waals surface area (Å²) in [5.41, 5.74) is 6.40. The van der Waals surface area contributed by atoms with E-state index in [1.54, 1.807) is 12.1 Å². The van der Waals surface area contributed by atoms with Crippen LogP contribution in [0, 0.1) is 0 Å². The zero-order chi connectivity index (χ0) is 32.5. The summed E-state index contributed by atoms with van der Waals surface area (Å²) in [5, 5.41) is 14.5. The van der Waals surface area contributed by atoms with Gasteiger partial charge in [-0.15, -0.1) is 13.2 Å². The summed E-state index contributed by atoms with van der Waals surface area (Å²) in [6.45, 7) is 8.21. The minimum Gasteiger partial charge on any atom is -0.508 e. The summed E-state index contributed by atoms with van der Waals surface area (Å²) in [6.07, 6.45) is 6.00. The summed E-state index contributed by atoms with van der Waals surface area (Å²) >= 11 is 0. The molecule has 0 aliphatic heterocycles. The first-order valence-electron chi connectivity index (χ1n) is 16.0. The molecule has 2 nitrogen and oxygen atoms in total. The Kier molecular flexibility index (Phi) is 10.1. The van der Waals surface area contributed by atoms with Gasteiger partial charge < -0.3 is 9.84 Å². The van der Waals surface area contributed by atoms with E-state index in [-0.39, 0.29) is 5.75 Å². The van der Waals surface area contributed by atoms with E-state index in [1.807, 2.05) is 24.3 Å². The number of hydrogen-bond donors (Lipinski definition) is 1. The van der Waals surface area contributed by atoms with Crippen LogP contribution in [-0.2, 0) is 25.6 Å². The number of benzene rings is 6. The van der Waals surface area contributed by atoms with Crippen LogP contribution in [0.25, 0.3) is 11.1 Å². The molecule has 232 valence electrons. The number of rotatable bonds is 13. The summed E-state index contributed by atoms with van der Waals surface area (Å²) in [4.78, 5) is 0. The molecule has 0 fully saturated rings. The van der Waals surface area contributed by atoms with E-state index in [0.717, 1.165) is 46.1 Å². The number of ether oxygens (including phenoxy) is 1. The fourth-order valence-electron chi connectivity index (χ4n) is 6.24. The third kappa shape index (κ3) is 7.14. The molecule has 0 atom stereocenters. The highest BCUT2D eigenvalue weighted by atomic mass is 31.2. The van der Waals surface area contributed by atoms with E-state index < -0.39 is 7.26 Å². The number of allylic oxidation sites excluding steroid dienone is 2. The van der Waals surface area contributed by atoms with Crippen molar-refractivity contribution >= 4 is 23.2 Å². The van der Waals surface area contributed by atoms with Crippen molar-refractivity contribution in [3.63, 3.8) is 0 Å². The Labute approximate surface area is 279 Å². The van der Waals surface area contributed by atoms with E-state index >= 15 is 0 Å². The standard InChI is InChI=1S/C44H39O2P/c1-3-14-34-26-29-44(42(30-34)37-27-28-43(45)38(31-37)15-4-2)46-32-35-22-24-36(25-23-35)33-47(39-16-8-5-9-17-39,40-18-10-6-11-19-40)41-20-12-7-13-21-41/h3-13,16-31H,1-2,14-15,32-33H2/p+1. The van der Waals surface area contributed by atoms with Gasteiger partial charge in [0.05, 0.1) is 6.16 Å². The van der Waals surface area contributed by atoms with Gasteiger partial charge in [0.25, 0.3) is 0 Å². The van der Waals surface area contributed by atoms with Crippen molar-refractivity contribution in [2.24, 2.45) is 0 Å². The van der Waals surface area contributed by atoms with E-state index in [2.05, 4.69) is 141 Å². The topological polar surface area (TPSA) is 29.5 Å². The molecule has 0 aromatic heterocycles. The van der Waals surface area contributed by atoms with E-state index in [0.29, 0.717) is 13.0 Å². The summed E-state index contributed by atoms with van der Waals surface area (Å²) in [7, 11) is -1.98. The maximum absolute atomic E-state index is 10.4. The molecular formula is C44H40O2P+. The second-order valence-electron chi connectivity index (χ2n) is 11.7. The molecule has 0 saturated carbocycles. The van der Waals surface area contributed by atoms with E-state index in [9.17, 15) is 5.11 Å². The highest BCUT2D eigenvalue weighted by Gasteiger charge is 2.45. The molecule has 6 aromatic carbocycles. The lowest BCUT2D eigenvalue weighted by Crippen LogP contribution is -2.32. The first-order chi connectivity index (χ1) is 23.1. The van der Waals surface area contributed by atoms with E-state index in [4.69, 9.17) is 4.74 Å². The SMILES string of the molecule is C=CCc1ccc(OCc2ccc(C[P+](c3ccccc3)(c3ccccc3)c3ccccc3)cc2)c(-c2ccc(O)c(CC=C)c2)c1. The zero-order valence-corrected chi connectivity index (χ0v) is 27.5. The smallest absolute Gasteiger partial charge is 0.127 e. The third-order valence-electron chi connectivity index (χ3n) is 8.61. The number of aromatic hydroxyl groups is 1. The molecule has 0 amide bonds. The molecule has 0 heterocycles. The summed E-state index contributed by atoms with van der Waals surface area (Å²) < 4.78 is 6.49. The molecule has 0 unspecified atom stereocenters. The van der Waals surface area contributed by atoms with Gasteiger partial charge in [-0.05, 0) is 101 Å². The highest BCUT2D eigenvalue weighted by molar-refractivity contribution is 7.95. The molecule has 0 radical (unpaired) electrons. The fourth-order valence-corrected chi connectivity index (χ4v) is 10.5. The molecule has 3 heteroatoms. The van der Waals surface area contributed by atoms with Gasteiger partial charge in [0, 0.05) is 5.56 Å². The molecule has 0 saturated heterocycles. The number of phenolic OH excluding ortho intramolecular Hbond substituents is 1. The molecule has 0 aliphatic carbocycles. The van der Waals surface area contributed by atoms with Crippen LogP contribution >= 0.6 is 7.26 Å². The van der Waals surface area contributed by atoms with Crippen LogP contribution in [0.5, 0.6) is 11.5 Å². The lowest BCUT2D eigenvalue weighted by molar-refractivity contribution is 0.307. The van der Waals surface area contributed by atoms with Gasteiger partial charge in [-0.1, -0.05) is 103 Å². The van der Waals surface area contributed by atoms with Crippen LogP contribution in [0.15, 0.2) is 177 Å². The molecule has 0 aliphatic rings. The van der Waals surface area contributed by atoms with Gasteiger partial charge in [-0.3, -0.25) is 0 Å². The summed E-state index contributed by atoms with van der Waals surface area (Å²) in [5.74, 6) is 1.08. The average molecular weight is 632 g/mol. The van der Waals surface area contributed by atoms with Crippen LogP contribution in [0.2, 0.25) is 0 Å². The first-order valence-corrected chi connectivity index (χ1v) is 18.0. The van der Waals surface area contributed by atoms with Gasteiger partial charge in [0.2, 0.25) is 0 Å². The largest absolute Gasteiger partial charge is 0.508 e. The molecule has 6 aromatic rings. The monoisotopic (exact) mass is 631 g/mol. The average Bonchev–Trinajstić information content (AvgIpc) is 3.13. The first kappa shape index (κ1) is 31.8.